The number of ether oxygens (including phenoxy) is 2. The number of methoxy groups -OCH3 is 2. The predicted molar refractivity (Wildman–Crippen MR) is 102 cm³/mol. The molecule has 0 radical (unpaired) electrons. The molecule has 0 saturated heterocycles. The number of hydrogen-bond acceptors (Lipinski definition) is 5. The van der Waals surface area contributed by atoms with E-state index in [2.05, 4.69) is 10.3 Å². The second kappa shape index (κ2) is 8.56. The van der Waals surface area contributed by atoms with E-state index >= 15 is 0 Å². The zero-order valence-electron chi connectivity index (χ0n) is 15.9. The van der Waals surface area contributed by atoms with Gasteiger partial charge in [-0.25, -0.2) is 9.37 Å². The van der Waals surface area contributed by atoms with Gasteiger partial charge in [-0.15, -0.1) is 0 Å². The number of amides is 1. The standard InChI is InChI=1S/C21H21FN2O4/c1-13-17(24-21(28-13)15-5-4-6-16(22)10-15)11-20(25)23-12-14-7-8-18(26-2)19(9-14)27-3/h4-10H,11-12H2,1-3H3,(H,23,25). The molecular weight excluding hydrogens is 363 g/mol. The first-order valence-electron chi connectivity index (χ1n) is 8.70. The maximum Gasteiger partial charge on any atom is 0.226 e. The summed E-state index contributed by atoms with van der Waals surface area (Å²) in [6.45, 7) is 2.07. The normalized spacial score (nSPS) is 10.6. The second-order valence-electron chi connectivity index (χ2n) is 6.18. The van der Waals surface area contributed by atoms with Crippen LogP contribution in [0, 0.1) is 12.7 Å². The van der Waals surface area contributed by atoms with E-state index in [9.17, 15) is 9.18 Å². The lowest BCUT2D eigenvalue weighted by Gasteiger charge is -2.10. The molecule has 3 rings (SSSR count). The zero-order valence-corrected chi connectivity index (χ0v) is 15.9. The third kappa shape index (κ3) is 4.49. The van der Waals surface area contributed by atoms with Crippen LogP contribution < -0.4 is 14.8 Å². The lowest BCUT2D eigenvalue weighted by molar-refractivity contribution is -0.120. The summed E-state index contributed by atoms with van der Waals surface area (Å²) in [5.74, 6) is 1.47. The van der Waals surface area contributed by atoms with Gasteiger partial charge in [0.25, 0.3) is 0 Å². The zero-order chi connectivity index (χ0) is 20.1. The van der Waals surface area contributed by atoms with Crippen LogP contribution in [0.3, 0.4) is 0 Å². The van der Waals surface area contributed by atoms with Crippen molar-refractivity contribution in [3.63, 3.8) is 0 Å². The van der Waals surface area contributed by atoms with Gasteiger partial charge >= 0.3 is 0 Å². The Hall–Kier alpha value is -3.35. The molecule has 0 aliphatic rings. The number of nitrogens with zero attached hydrogens (tertiary/aromatic N) is 1. The molecule has 0 fully saturated rings. The molecular formula is C21H21FN2O4. The minimum absolute atomic E-state index is 0.0674. The van der Waals surface area contributed by atoms with Gasteiger partial charge in [0.2, 0.25) is 11.8 Å². The molecule has 0 bridgehead atoms. The molecule has 146 valence electrons. The first kappa shape index (κ1) is 19.4. The summed E-state index contributed by atoms with van der Waals surface area (Å²) in [6.07, 6.45) is 0.0674. The number of carbonyl (C=O) groups excluding carboxylic acids is 1. The lowest BCUT2D eigenvalue weighted by atomic mass is 10.2. The van der Waals surface area contributed by atoms with Crippen molar-refractivity contribution >= 4 is 5.91 Å². The molecule has 1 N–H and O–H groups in total. The number of aromatic nitrogens is 1. The number of rotatable bonds is 7. The summed E-state index contributed by atoms with van der Waals surface area (Å²) in [7, 11) is 3.13. The van der Waals surface area contributed by atoms with Gasteiger partial charge in [-0.1, -0.05) is 12.1 Å². The summed E-state index contributed by atoms with van der Waals surface area (Å²) in [5, 5.41) is 2.84. The Bertz CT molecular complexity index is 984. The number of benzene rings is 2. The molecule has 3 aromatic rings. The Labute approximate surface area is 162 Å². The van der Waals surface area contributed by atoms with Crippen LogP contribution in [0.25, 0.3) is 11.5 Å². The Morgan fingerprint density at radius 1 is 1.14 bits per heavy atom. The van der Waals surface area contributed by atoms with Gasteiger partial charge in [0.15, 0.2) is 11.5 Å². The second-order valence-corrected chi connectivity index (χ2v) is 6.18. The van der Waals surface area contributed by atoms with Gasteiger partial charge in [-0.2, -0.15) is 0 Å². The number of halogens is 1. The Morgan fingerprint density at radius 2 is 1.93 bits per heavy atom. The summed E-state index contributed by atoms with van der Waals surface area (Å²) in [4.78, 5) is 16.6. The fraction of sp³-hybridized carbons (Fsp3) is 0.238. The van der Waals surface area contributed by atoms with E-state index in [-0.39, 0.29) is 18.1 Å². The first-order chi connectivity index (χ1) is 13.5. The highest BCUT2D eigenvalue weighted by Gasteiger charge is 2.15. The van der Waals surface area contributed by atoms with Crippen molar-refractivity contribution < 1.29 is 23.1 Å². The average Bonchev–Trinajstić information content (AvgIpc) is 3.06. The fourth-order valence-corrected chi connectivity index (χ4v) is 2.74. The van der Waals surface area contributed by atoms with Crippen LogP contribution in [0.4, 0.5) is 4.39 Å². The number of hydrogen-bond donors (Lipinski definition) is 1. The quantitative estimate of drug-likeness (QED) is 0.673. The SMILES string of the molecule is COc1ccc(CNC(=O)Cc2nc(-c3cccc(F)c3)oc2C)cc1OC. The molecule has 0 aliphatic heterocycles. The monoisotopic (exact) mass is 384 g/mol. The van der Waals surface area contributed by atoms with Crippen molar-refractivity contribution in [1.82, 2.24) is 10.3 Å². The molecule has 1 heterocycles. The van der Waals surface area contributed by atoms with E-state index in [1.54, 1.807) is 39.3 Å². The van der Waals surface area contributed by atoms with Crippen molar-refractivity contribution in [3.05, 3.63) is 65.3 Å². The minimum Gasteiger partial charge on any atom is -0.493 e. The van der Waals surface area contributed by atoms with Gasteiger partial charge in [0, 0.05) is 12.1 Å². The first-order valence-corrected chi connectivity index (χ1v) is 8.70. The number of oxazole rings is 1. The van der Waals surface area contributed by atoms with Crippen LogP contribution in [0.5, 0.6) is 11.5 Å². The minimum atomic E-state index is -0.373. The van der Waals surface area contributed by atoms with E-state index < -0.39 is 0 Å². The van der Waals surface area contributed by atoms with E-state index in [4.69, 9.17) is 13.9 Å². The van der Waals surface area contributed by atoms with Crippen LogP contribution >= 0.6 is 0 Å². The molecule has 1 aromatic heterocycles. The number of carbonyl (C=O) groups is 1. The third-order valence-electron chi connectivity index (χ3n) is 4.23. The van der Waals surface area contributed by atoms with Crippen molar-refractivity contribution in [2.75, 3.05) is 14.2 Å². The Kier molecular flexibility index (Phi) is 5.93. The van der Waals surface area contributed by atoms with Gasteiger partial charge in [-0.05, 0) is 42.8 Å². The predicted octanol–water partition coefficient (Wildman–Crippen LogP) is 3.67. The topological polar surface area (TPSA) is 73.6 Å². The van der Waals surface area contributed by atoms with E-state index in [1.165, 1.54) is 12.1 Å². The molecule has 28 heavy (non-hydrogen) atoms. The Balaban J connectivity index is 1.64. The highest BCUT2D eigenvalue weighted by molar-refractivity contribution is 5.78. The van der Waals surface area contributed by atoms with Crippen LogP contribution in [-0.2, 0) is 17.8 Å². The molecule has 6 nitrogen and oxygen atoms in total. The highest BCUT2D eigenvalue weighted by Crippen LogP contribution is 2.27. The van der Waals surface area contributed by atoms with Crippen LogP contribution in [0.2, 0.25) is 0 Å². The smallest absolute Gasteiger partial charge is 0.226 e. The van der Waals surface area contributed by atoms with Gasteiger partial charge in [-0.3, -0.25) is 4.79 Å². The molecule has 7 heteroatoms. The third-order valence-corrected chi connectivity index (χ3v) is 4.23. The van der Waals surface area contributed by atoms with E-state index in [0.29, 0.717) is 41.0 Å². The number of aryl methyl sites for hydroxylation is 1. The summed E-state index contributed by atoms with van der Waals surface area (Å²) in [5.41, 5.74) is 1.92. The van der Waals surface area contributed by atoms with Gasteiger partial charge < -0.3 is 19.2 Å². The van der Waals surface area contributed by atoms with Crippen molar-refractivity contribution in [2.24, 2.45) is 0 Å². The van der Waals surface area contributed by atoms with Crippen LogP contribution in [-0.4, -0.2) is 25.1 Å². The molecule has 1 amide bonds. The average molecular weight is 384 g/mol. The summed E-state index contributed by atoms with van der Waals surface area (Å²) in [6, 6.07) is 11.4. The molecule has 0 atom stereocenters. The van der Waals surface area contributed by atoms with E-state index in [0.717, 1.165) is 5.56 Å². The summed E-state index contributed by atoms with van der Waals surface area (Å²) < 4.78 is 29.4. The fourth-order valence-electron chi connectivity index (χ4n) is 2.74. The molecule has 0 unspecified atom stereocenters. The maximum absolute atomic E-state index is 13.4. The number of nitrogens with one attached hydrogen (secondary N) is 1. The van der Waals surface area contributed by atoms with Crippen LogP contribution in [0.15, 0.2) is 46.9 Å². The van der Waals surface area contributed by atoms with Crippen molar-refractivity contribution in [3.8, 4) is 23.0 Å². The van der Waals surface area contributed by atoms with E-state index in [1.807, 2.05) is 12.1 Å². The highest BCUT2D eigenvalue weighted by atomic mass is 19.1. The maximum atomic E-state index is 13.4. The lowest BCUT2D eigenvalue weighted by Crippen LogP contribution is -2.25. The Morgan fingerprint density at radius 3 is 2.64 bits per heavy atom. The van der Waals surface area contributed by atoms with Crippen LogP contribution in [0.1, 0.15) is 17.0 Å². The summed E-state index contributed by atoms with van der Waals surface area (Å²) >= 11 is 0. The molecule has 0 saturated carbocycles. The van der Waals surface area contributed by atoms with Gasteiger partial charge in [0.05, 0.1) is 26.3 Å². The largest absolute Gasteiger partial charge is 0.493 e. The van der Waals surface area contributed by atoms with Crippen molar-refractivity contribution in [1.29, 1.82) is 0 Å². The van der Waals surface area contributed by atoms with Crippen molar-refractivity contribution in [2.45, 2.75) is 19.9 Å². The van der Waals surface area contributed by atoms with Gasteiger partial charge in [0.1, 0.15) is 11.6 Å². The molecule has 2 aromatic carbocycles. The molecule has 0 spiro atoms. The molecule has 0 aliphatic carbocycles.